The Labute approximate surface area is 122 Å². The fourth-order valence-corrected chi connectivity index (χ4v) is 2.26. The van der Waals surface area contributed by atoms with Gasteiger partial charge < -0.3 is 5.32 Å². The van der Waals surface area contributed by atoms with Crippen LogP contribution >= 0.6 is 0 Å². The van der Waals surface area contributed by atoms with Crippen LogP contribution in [0.25, 0.3) is 11.1 Å². The van der Waals surface area contributed by atoms with Gasteiger partial charge in [0.15, 0.2) is 0 Å². The molecule has 0 aromatic heterocycles. The van der Waals surface area contributed by atoms with Crippen molar-refractivity contribution in [3.8, 4) is 17.2 Å². The molecule has 0 aliphatic heterocycles. The normalized spacial score (nSPS) is 14.0. The Morgan fingerprint density at radius 2 is 1.95 bits per heavy atom. The Morgan fingerprint density at radius 3 is 2.62 bits per heavy atom. The summed E-state index contributed by atoms with van der Waals surface area (Å²) in [5.74, 6) is -0.942. The van der Waals surface area contributed by atoms with Gasteiger partial charge in [-0.15, -0.1) is 0 Å². The molecular weight excluding hydrogens is 270 g/mol. The van der Waals surface area contributed by atoms with Gasteiger partial charge in [0.25, 0.3) is 0 Å². The Hall–Kier alpha value is -2.25. The van der Waals surface area contributed by atoms with Crippen molar-refractivity contribution in [2.24, 2.45) is 0 Å². The molecule has 0 radical (unpaired) electrons. The predicted molar refractivity (Wildman–Crippen MR) is 76.4 cm³/mol. The van der Waals surface area contributed by atoms with E-state index in [-0.39, 0.29) is 5.56 Å². The van der Waals surface area contributed by atoms with Crippen LogP contribution in [-0.4, -0.2) is 6.04 Å². The Balaban J connectivity index is 1.88. The minimum Gasteiger partial charge on any atom is -0.310 e. The molecule has 0 heterocycles. The average Bonchev–Trinajstić information content (AvgIpc) is 3.28. The second-order valence-corrected chi connectivity index (χ2v) is 5.31. The number of nitrogens with zero attached hydrogens (tertiary/aromatic N) is 1. The van der Waals surface area contributed by atoms with Gasteiger partial charge in [-0.25, -0.2) is 8.78 Å². The number of rotatable bonds is 4. The van der Waals surface area contributed by atoms with Crippen molar-refractivity contribution in [1.29, 1.82) is 5.26 Å². The van der Waals surface area contributed by atoms with Crippen molar-refractivity contribution >= 4 is 0 Å². The standard InChI is InChI=1S/C17H14F2N2/c18-14-6-12(9-20)5-13(8-14)16-4-1-11(7-17(16)19)10-21-15-2-3-15/h1,4-8,15,21H,2-3,10H2. The first-order valence-electron chi connectivity index (χ1n) is 6.88. The summed E-state index contributed by atoms with van der Waals surface area (Å²) in [5, 5.41) is 12.2. The quantitative estimate of drug-likeness (QED) is 0.928. The van der Waals surface area contributed by atoms with Crippen molar-refractivity contribution in [2.75, 3.05) is 0 Å². The zero-order valence-electron chi connectivity index (χ0n) is 11.4. The van der Waals surface area contributed by atoms with Gasteiger partial charge in [0.1, 0.15) is 11.6 Å². The van der Waals surface area contributed by atoms with Gasteiger partial charge in [-0.2, -0.15) is 5.26 Å². The summed E-state index contributed by atoms with van der Waals surface area (Å²) in [4.78, 5) is 0. The van der Waals surface area contributed by atoms with E-state index in [9.17, 15) is 8.78 Å². The number of hydrogen-bond acceptors (Lipinski definition) is 2. The topological polar surface area (TPSA) is 35.8 Å². The first-order chi connectivity index (χ1) is 10.2. The first-order valence-corrected chi connectivity index (χ1v) is 6.88. The van der Waals surface area contributed by atoms with E-state index < -0.39 is 11.6 Å². The third-order valence-electron chi connectivity index (χ3n) is 3.54. The monoisotopic (exact) mass is 284 g/mol. The van der Waals surface area contributed by atoms with E-state index in [4.69, 9.17) is 5.26 Å². The van der Waals surface area contributed by atoms with E-state index in [0.717, 1.165) is 11.6 Å². The highest BCUT2D eigenvalue weighted by molar-refractivity contribution is 5.66. The molecule has 0 atom stereocenters. The number of hydrogen-bond donors (Lipinski definition) is 1. The van der Waals surface area contributed by atoms with Crippen LogP contribution in [0.4, 0.5) is 8.78 Å². The number of nitriles is 1. The summed E-state index contributed by atoms with van der Waals surface area (Å²) in [7, 11) is 0. The molecule has 2 nitrogen and oxygen atoms in total. The molecule has 0 amide bonds. The molecule has 1 aliphatic carbocycles. The van der Waals surface area contributed by atoms with E-state index in [1.807, 2.05) is 12.1 Å². The minimum atomic E-state index is -0.539. The lowest BCUT2D eigenvalue weighted by Gasteiger charge is -2.08. The van der Waals surface area contributed by atoms with Crippen LogP contribution in [0.5, 0.6) is 0 Å². The van der Waals surface area contributed by atoms with Gasteiger partial charge >= 0.3 is 0 Å². The third-order valence-corrected chi connectivity index (χ3v) is 3.54. The van der Waals surface area contributed by atoms with E-state index in [1.54, 1.807) is 6.07 Å². The van der Waals surface area contributed by atoms with E-state index in [0.29, 0.717) is 23.7 Å². The Morgan fingerprint density at radius 1 is 1.14 bits per heavy atom. The number of benzene rings is 2. The fraction of sp³-hybridized carbons (Fsp3) is 0.235. The highest BCUT2D eigenvalue weighted by atomic mass is 19.1. The van der Waals surface area contributed by atoms with Crippen LogP contribution in [0.1, 0.15) is 24.0 Å². The zero-order valence-corrected chi connectivity index (χ0v) is 11.4. The number of halogens is 2. The maximum atomic E-state index is 14.2. The Kier molecular flexibility index (Phi) is 3.68. The molecule has 21 heavy (non-hydrogen) atoms. The van der Waals surface area contributed by atoms with Crippen LogP contribution in [0, 0.1) is 23.0 Å². The van der Waals surface area contributed by atoms with Crippen molar-refractivity contribution in [3.63, 3.8) is 0 Å². The molecule has 1 saturated carbocycles. The van der Waals surface area contributed by atoms with Crippen LogP contribution in [0.15, 0.2) is 36.4 Å². The van der Waals surface area contributed by atoms with Crippen molar-refractivity contribution in [2.45, 2.75) is 25.4 Å². The van der Waals surface area contributed by atoms with Crippen LogP contribution < -0.4 is 5.32 Å². The fourth-order valence-electron chi connectivity index (χ4n) is 2.26. The van der Waals surface area contributed by atoms with Crippen LogP contribution in [-0.2, 0) is 6.54 Å². The summed E-state index contributed by atoms with van der Waals surface area (Å²) < 4.78 is 27.7. The molecule has 1 N–H and O–H groups in total. The summed E-state index contributed by atoms with van der Waals surface area (Å²) in [6.07, 6.45) is 2.36. The second-order valence-electron chi connectivity index (χ2n) is 5.31. The zero-order chi connectivity index (χ0) is 14.8. The Bertz CT molecular complexity index is 715. The molecule has 3 rings (SSSR count). The molecule has 0 unspecified atom stereocenters. The van der Waals surface area contributed by atoms with Crippen molar-refractivity contribution in [1.82, 2.24) is 5.32 Å². The maximum Gasteiger partial charge on any atom is 0.131 e. The van der Waals surface area contributed by atoms with Gasteiger partial charge in [0.05, 0.1) is 11.6 Å². The van der Waals surface area contributed by atoms with Gasteiger partial charge in [-0.1, -0.05) is 12.1 Å². The molecule has 1 aliphatic rings. The van der Waals surface area contributed by atoms with E-state index in [2.05, 4.69) is 5.32 Å². The average molecular weight is 284 g/mol. The summed E-state index contributed by atoms with van der Waals surface area (Å²) >= 11 is 0. The molecule has 2 aromatic carbocycles. The molecule has 0 saturated heterocycles. The largest absolute Gasteiger partial charge is 0.310 e. The minimum absolute atomic E-state index is 0.184. The van der Waals surface area contributed by atoms with Crippen LogP contribution in [0.2, 0.25) is 0 Å². The second kappa shape index (κ2) is 5.63. The first kappa shape index (κ1) is 13.7. The predicted octanol–water partition coefficient (Wildman–Crippen LogP) is 3.76. The molecular formula is C17H14F2N2. The van der Waals surface area contributed by atoms with Gasteiger partial charge in [-0.05, 0) is 48.2 Å². The summed E-state index contributed by atoms with van der Waals surface area (Å²) in [6, 6.07) is 11.2. The lowest BCUT2D eigenvalue weighted by molar-refractivity contribution is 0.620. The highest BCUT2D eigenvalue weighted by Gasteiger charge is 2.20. The molecule has 0 bridgehead atoms. The summed E-state index contributed by atoms with van der Waals surface area (Å²) in [5.41, 5.74) is 1.73. The number of nitrogens with one attached hydrogen (secondary N) is 1. The lowest BCUT2D eigenvalue weighted by Crippen LogP contribution is -2.15. The SMILES string of the molecule is N#Cc1cc(F)cc(-c2ccc(CNC3CC3)cc2F)c1. The van der Waals surface area contributed by atoms with Gasteiger partial charge in [0, 0.05) is 18.2 Å². The van der Waals surface area contributed by atoms with Crippen molar-refractivity contribution < 1.29 is 8.78 Å². The molecule has 4 heteroatoms. The molecule has 2 aromatic rings. The van der Waals surface area contributed by atoms with E-state index in [1.165, 1.54) is 31.0 Å². The van der Waals surface area contributed by atoms with Crippen molar-refractivity contribution in [3.05, 3.63) is 59.2 Å². The van der Waals surface area contributed by atoms with Gasteiger partial charge in [0.2, 0.25) is 0 Å². The molecule has 1 fully saturated rings. The highest BCUT2D eigenvalue weighted by Crippen LogP contribution is 2.26. The maximum absolute atomic E-state index is 14.2. The molecule has 0 spiro atoms. The van der Waals surface area contributed by atoms with E-state index >= 15 is 0 Å². The lowest BCUT2D eigenvalue weighted by atomic mass is 10.0. The van der Waals surface area contributed by atoms with Crippen LogP contribution in [0.3, 0.4) is 0 Å². The summed E-state index contributed by atoms with van der Waals surface area (Å²) in [6.45, 7) is 0.633. The third kappa shape index (κ3) is 3.26. The smallest absolute Gasteiger partial charge is 0.131 e. The molecule has 106 valence electrons. The van der Waals surface area contributed by atoms with Gasteiger partial charge in [-0.3, -0.25) is 0 Å².